The van der Waals surface area contributed by atoms with Crippen LogP contribution in [0.1, 0.15) is 16.7 Å². The minimum atomic E-state index is -5.04. The molecule has 6 nitrogen and oxygen atoms in total. The molecule has 2 aromatic carbocycles. The molecule has 33 heavy (non-hydrogen) atoms. The summed E-state index contributed by atoms with van der Waals surface area (Å²) in [7, 11) is -4.14. The first-order valence-corrected chi connectivity index (χ1v) is 10.7. The Kier molecular flexibility index (Phi) is 6.33. The van der Waals surface area contributed by atoms with Crippen LogP contribution in [0, 0.1) is 22.7 Å². The molecular weight excluding hydrogens is 476 g/mol. The van der Waals surface area contributed by atoms with Crippen molar-refractivity contribution in [3.05, 3.63) is 59.2 Å². The Balaban J connectivity index is 1.93. The second-order valence-corrected chi connectivity index (χ2v) is 9.10. The highest BCUT2D eigenvalue weighted by Crippen LogP contribution is 2.39. The summed E-state index contributed by atoms with van der Waals surface area (Å²) in [6, 6.07) is 9.88. The van der Waals surface area contributed by atoms with Gasteiger partial charge in [-0.2, -0.15) is 36.9 Å². The second-order valence-electron chi connectivity index (χ2n) is 7.06. The minimum absolute atomic E-state index is 0.177. The summed E-state index contributed by atoms with van der Waals surface area (Å²) in [5.41, 5.74) is -2.54. The van der Waals surface area contributed by atoms with Crippen LogP contribution in [0.2, 0.25) is 0 Å². The van der Waals surface area contributed by atoms with Gasteiger partial charge in [-0.3, -0.25) is 0 Å². The summed E-state index contributed by atoms with van der Waals surface area (Å²) < 4.78 is 111. The molecule has 0 aliphatic carbocycles. The molecule has 0 radical (unpaired) electrons. The van der Waals surface area contributed by atoms with Crippen LogP contribution >= 0.6 is 0 Å². The number of benzene rings is 2. The molecule has 0 bridgehead atoms. The number of hydrogen-bond acceptors (Lipinski definition) is 6. The van der Waals surface area contributed by atoms with E-state index in [-0.39, 0.29) is 10.5 Å². The predicted octanol–water partition coefficient (Wildman–Crippen LogP) is 4.02. The lowest BCUT2D eigenvalue weighted by molar-refractivity contribution is -0.212. The van der Waals surface area contributed by atoms with Gasteiger partial charge in [0.15, 0.2) is 9.84 Å². The van der Waals surface area contributed by atoms with Gasteiger partial charge in [0, 0.05) is 12.2 Å². The lowest BCUT2D eigenvalue weighted by Crippen LogP contribution is -2.42. The topological polar surface area (TPSA) is 94.2 Å². The molecule has 2 aromatic rings. The molecule has 1 heterocycles. The molecule has 1 aliphatic heterocycles. The largest absolute Gasteiger partial charge is 0.433 e. The fourth-order valence-electron chi connectivity index (χ4n) is 3.32. The summed E-state index contributed by atoms with van der Waals surface area (Å²) in [4.78, 5) is 0.236. The van der Waals surface area contributed by atoms with E-state index in [0.29, 0.717) is 11.0 Å². The highest BCUT2D eigenvalue weighted by molar-refractivity contribution is 7.91. The lowest BCUT2D eigenvalue weighted by Gasteiger charge is -2.27. The van der Waals surface area contributed by atoms with E-state index in [4.69, 9.17) is 15.3 Å². The van der Waals surface area contributed by atoms with Gasteiger partial charge in [0.2, 0.25) is 6.23 Å². The molecule has 0 spiro atoms. The van der Waals surface area contributed by atoms with Crippen molar-refractivity contribution in [2.45, 2.75) is 29.6 Å². The molecule has 174 valence electrons. The van der Waals surface area contributed by atoms with E-state index in [0.717, 1.165) is 24.3 Å². The van der Waals surface area contributed by atoms with Crippen molar-refractivity contribution in [3.63, 3.8) is 0 Å². The molecule has 0 N–H and O–H groups in total. The summed E-state index contributed by atoms with van der Waals surface area (Å²) in [5.74, 6) is -0.871. The van der Waals surface area contributed by atoms with Crippen LogP contribution in [0.4, 0.5) is 32.0 Å². The van der Waals surface area contributed by atoms with Gasteiger partial charge in [0.1, 0.15) is 0 Å². The second kappa shape index (κ2) is 8.57. The Hall–Kier alpha value is -3.29. The molecule has 0 saturated carbocycles. The first-order chi connectivity index (χ1) is 15.3. The molecule has 0 amide bonds. The van der Waals surface area contributed by atoms with Crippen molar-refractivity contribution in [2.24, 2.45) is 0 Å². The van der Waals surface area contributed by atoms with Crippen molar-refractivity contribution >= 4 is 15.5 Å². The van der Waals surface area contributed by atoms with Gasteiger partial charge in [-0.25, -0.2) is 8.42 Å². The predicted molar refractivity (Wildman–Crippen MR) is 101 cm³/mol. The van der Waals surface area contributed by atoms with E-state index in [1.807, 2.05) is 0 Å². The molecule has 0 unspecified atom stereocenters. The van der Waals surface area contributed by atoms with Crippen molar-refractivity contribution in [1.29, 1.82) is 10.5 Å². The summed E-state index contributed by atoms with van der Waals surface area (Å²) in [5, 5.41) is 17.7. The van der Waals surface area contributed by atoms with E-state index >= 15 is 0 Å². The third-order valence-electron chi connectivity index (χ3n) is 4.79. The fraction of sp³-hybridized carbons (Fsp3) is 0.300. The molecule has 2 atom stereocenters. The van der Waals surface area contributed by atoms with Gasteiger partial charge < -0.3 is 9.64 Å². The third kappa shape index (κ3) is 5.21. The van der Waals surface area contributed by atoms with E-state index in [1.54, 1.807) is 6.07 Å². The first-order valence-electron chi connectivity index (χ1n) is 9.09. The monoisotopic (exact) mass is 489 g/mol. The SMILES string of the molecule is N#Cc1ccc(S(=O)(=O)C[C@@H]2CN(c3ccc(C#N)c(C(F)(F)F)c3)[C@@H](C(F)(F)F)O2)cc1. The maximum atomic E-state index is 13.6. The zero-order chi connectivity index (χ0) is 24.6. The quantitative estimate of drug-likeness (QED) is 0.603. The van der Waals surface area contributed by atoms with Crippen LogP contribution in [0.3, 0.4) is 0 Å². The Bertz CT molecular complexity index is 1230. The fourth-order valence-corrected chi connectivity index (χ4v) is 4.74. The van der Waals surface area contributed by atoms with Crippen LogP contribution in [0.25, 0.3) is 0 Å². The molecule has 13 heteroatoms. The lowest BCUT2D eigenvalue weighted by atomic mass is 10.1. The van der Waals surface area contributed by atoms with E-state index in [9.17, 15) is 34.8 Å². The number of anilines is 1. The number of ether oxygens (including phenoxy) is 1. The third-order valence-corrected chi connectivity index (χ3v) is 6.59. The molecule has 1 saturated heterocycles. The Morgan fingerprint density at radius 2 is 1.64 bits per heavy atom. The van der Waals surface area contributed by atoms with Crippen LogP contribution in [0.5, 0.6) is 0 Å². The van der Waals surface area contributed by atoms with Crippen LogP contribution in [0.15, 0.2) is 47.4 Å². The summed E-state index contributed by atoms with van der Waals surface area (Å²) in [6.07, 6.45) is -14.2. The van der Waals surface area contributed by atoms with E-state index < -0.39 is 63.6 Å². The van der Waals surface area contributed by atoms with Crippen molar-refractivity contribution in [3.8, 4) is 12.1 Å². The van der Waals surface area contributed by atoms with Crippen LogP contribution < -0.4 is 4.90 Å². The number of alkyl halides is 6. The maximum Gasteiger partial charge on any atom is 0.433 e. The zero-order valence-electron chi connectivity index (χ0n) is 16.4. The van der Waals surface area contributed by atoms with Crippen molar-refractivity contribution in [2.75, 3.05) is 17.2 Å². The van der Waals surface area contributed by atoms with Crippen molar-refractivity contribution < 1.29 is 39.5 Å². The number of halogens is 6. The summed E-state index contributed by atoms with van der Waals surface area (Å²) in [6.45, 7) is -0.664. The van der Waals surface area contributed by atoms with Gasteiger partial charge in [-0.1, -0.05) is 0 Å². The number of nitriles is 2. The average Bonchev–Trinajstić information content (AvgIpc) is 3.16. The number of rotatable bonds is 4. The van der Waals surface area contributed by atoms with Crippen LogP contribution in [-0.2, 0) is 20.8 Å². The smallest absolute Gasteiger partial charge is 0.343 e. The highest BCUT2D eigenvalue weighted by Gasteiger charge is 2.51. The van der Waals surface area contributed by atoms with Gasteiger partial charge >= 0.3 is 12.4 Å². The first kappa shape index (κ1) is 24.4. The molecule has 3 rings (SSSR count). The van der Waals surface area contributed by atoms with E-state index in [2.05, 4.69) is 0 Å². The standard InChI is InChI=1S/C20H13F6N3O3S/c21-19(22,23)17-7-14(4-3-13(17)9-28)29-10-15(32-18(29)20(24,25)26)11-33(30,31)16-5-1-12(8-27)2-6-16/h1-7,15,18H,10-11H2/t15-,18+/m0/s1. The maximum absolute atomic E-state index is 13.6. The Morgan fingerprint density at radius 1 is 1.00 bits per heavy atom. The molecular formula is C20H13F6N3O3S. The molecule has 1 fully saturated rings. The highest BCUT2D eigenvalue weighted by atomic mass is 32.2. The van der Waals surface area contributed by atoms with Gasteiger partial charge in [0.25, 0.3) is 0 Å². The Morgan fingerprint density at radius 3 is 2.15 bits per heavy atom. The Labute approximate surface area is 184 Å². The van der Waals surface area contributed by atoms with Gasteiger partial charge in [-0.05, 0) is 42.5 Å². The van der Waals surface area contributed by atoms with Gasteiger partial charge in [0.05, 0.1) is 45.6 Å². The number of nitrogens with zero attached hydrogens (tertiary/aromatic N) is 3. The number of hydrogen-bond donors (Lipinski definition) is 0. The summed E-state index contributed by atoms with van der Waals surface area (Å²) >= 11 is 0. The molecule has 0 aromatic heterocycles. The zero-order valence-corrected chi connectivity index (χ0v) is 17.2. The minimum Gasteiger partial charge on any atom is -0.343 e. The van der Waals surface area contributed by atoms with Gasteiger partial charge in [-0.15, -0.1) is 0 Å². The number of sulfone groups is 1. The normalized spacial score (nSPS) is 19.2. The average molecular weight is 489 g/mol. The van der Waals surface area contributed by atoms with Crippen LogP contribution in [-0.4, -0.2) is 39.2 Å². The van der Waals surface area contributed by atoms with Crippen molar-refractivity contribution in [1.82, 2.24) is 0 Å². The molecule has 1 aliphatic rings. The van der Waals surface area contributed by atoms with E-state index in [1.165, 1.54) is 18.2 Å².